The van der Waals surface area contributed by atoms with Crippen molar-refractivity contribution in [3.63, 3.8) is 0 Å². The van der Waals surface area contributed by atoms with E-state index in [0.717, 1.165) is 42.4 Å². The summed E-state index contributed by atoms with van der Waals surface area (Å²) < 4.78 is 7.59. The SMILES string of the molecule is CCn1nc(C)c(Cl)c1CC(NN)C1COC(C)C1. The molecule has 3 atom stereocenters. The second kappa shape index (κ2) is 6.22. The van der Waals surface area contributed by atoms with E-state index in [4.69, 9.17) is 22.2 Å². The van der Waals surface area contributed by atoms with Gasteiger partial charge in [0.05, 0.1) is 29.1 Å². The second-order valence-electron chi connectivity index (χ2n) is 5.28. The van der Waals surface area contributed by atoms with Crippen LogP contribution < -0.4 is 11.3 Å². The molecule has 0 radical (unpaired) electrons. The molecule has 1 aliphatic rings. The molecular formula is C13H23ClN4O. The molecule has 0 aliphatic carbocycles. The van der Waals surface area contributed by atoms with Crippen molar-refractivity contribution in [2.75, 3.05) is 6.61 Å². The number of nitrogens with zero attached hydrogens (tertiary/aromatic N) is 2. The van der Waals surface area contributed by atoms with E-state index < -0.39 is 0 Å². The third-order valence-corrected chi connectivity index (χ3v) is 4.37. The molecule has 19 heavy (non-hydrogen) atoms. The van der Waals surface area contributed by atoms with Gasteiger partial charge in [-0.2, -0.15) is 5.10 Å². The third kappa shape index (κ3) is 3.11. The predicted molar refractivity (Wildman–Crippen MR) is 76.0 cm³/mol. The summed E-state index contributed by atoms with van der Waals surface area (Å²) >= 11 is 6.35. The van der Waals surface area contributed by atoms with Crippen LogP contribution in [0.25, 0.3) is 0 Å². The van der Waals surface area contributed by atoms with Gasteiger partial charge in [-0.15, -0.1) is 0 Å². The highest BCUT2D eigenvalue weighted by Crippen LogP contribution is 2.27. The van der Waals surface area contributed by atoms with Crippen LogP contribution >= 0.6 is 11.6 Å². The minimum atomic E-state index is 0.170. The average molecular weight is 287 g/mol. The van der Waals surface area contributed by atoms with Gasteiger partial charge in [-0.1, -0.05) is 11.6 Å². The highest BCUT2D eigenvalue weighted by Gasteiger charge is 2.30. The molecule has 0 saturated carbocycles. The van der Waals surface area contributed by atoms with Crippen LogP contribution in [0.5, 0.6) is 0 Å². The van der Waals surface area contributed by atoms with Crippen molar-refractivity contribution in [1.29, 1.82) is 0 Å². The van der Waals surface area contributed by atoms with E-state index >= 15 is 0 Å². The monoisotopic (exact) mass is 286 g/mol. The molecule has 108 valence electrons. The summed E-state index contributed by atoms with van der Waals surface area (Å²) in [4.78, 5) is 0. The van der Waals surface area contributed by atoms with Gasteiger partial charge in [0, 0.05) is 24.9 Å². The quantitative estimate of drug-likeness (QED) is 0.638. The summed E-state index contributed by atoms with van der Waals surface area (Å²) in [7, 11) is 0. The van der Waals surface area contributed by atoms with Crippen LogP contribution in [0.2, 0.25) is 5.02 Å². The molecule has 0 aromatic carbocycles. The number of hydrazine groups is 1. The number of aromatic nitrogens is 2. The molecule has 1 aromatic heterocycles. The lowest BCUT2D eigenvalue weighted by atomic mass is 9.93. The molecule has 2 heterocycles. The van der Waals surface area contributed by atoms with Crippen molar-refractivity contribution in [3.05, 3.63) is 16.4 Å². The van der Waals surface area contributed by atoms with Crippen molar-refractivity contribution in [3.8, 4) is 0 Å². The first-order valence-corrected chi connectivity index (χ1v) is 7.24. The number of ether oxygens (including phenoxy) is 1. The van der Waals surface area contributed by atoms with E-state index in [1.54, 1.807) is 0 Å². The van der Waals surface area contributed by atoms with Gasteiger partial charge < -0.3 is 4.74 Å². The first kappa shape index (κ1) is 14.8. The van der Waals surface area contributed by atoms with Crippen molar-refractivity contribution in [2.45, 2.75) is 52.3 Å². The minimum absolute atomic E-state index is 0.170. The zero-order valence-electron chi connectivity index (χ0n) is 11.8. The second-order valence-corrected chi connectivity index (χ2v) is 5.66. The summed E-state index contributed by atoms with van der Waals surface area (Å²) in [5.74, 6) is 6.14. The predicted octanol–water partition coefficient (Wildman–Crippen LogP) is 1.66. The maximum atomic E-state index is 6.35. The Kier molecular flexibility index (Phi) is 4.84. The van der Waals surface area contributed by atoms with E-state index in [1.807, 2.05) is 11.6 Å². The molecule has 5 nitrogen and oxygen atoms in total. The molecular weight excluding hydrogens is 264 g/mol. The summed E-state index contributed by atoms with van der Waals surface area (Å²) in [5.41, 5.74) is 4.86. The Morgan fingerprint density at radius 2 is 2.37 bits per heavy atom. The third-order valence-electron chi connectivity index (χ3n) is 3.88. The molecule has 1 aromatic rings. The van der Waals surface area contributed by atoms with Gasteiger partial charge in [-0.05, 0) is 27.2 Å². The Hall–Kier alpha value is -0.620. The van der Waals surface area contributed by atoms with Crippen molar-refractivity contribution in [1.82, 2.24) is 15.2 Å². The van der Waals surface area contributed by atoms with Crippen LogP contribution in [-0.4, -0.2) is 28.5 Å². The zero-order chi connectivity index (χ0) is 14.0. The molecule has 0 amide bonds. The first-order chi connectivity index (χ1) is 9.06. The molecule has 2 rings (SSSR count). The molecule has 1 saturated heterocycles. The maximum Gasteiger partial charge on any atom is 0.0847 e. The van der Waals surface area contributed by atoms with Gasteiger partial charge in [0.2, 0.25) is 0 Å². The summed E-state index contributed by atoms with van der Waals surface area (Å²) in [6.45, 7) is 7.67. The Morgan fingerprint density at radius 1 is 1.63 bits per heavy atom. The number of hydrogen-bond donors (Lipinski definition) is 2. The molecule has 3 N–H and O–H groups in total. The molecule has 3 unspecified atom stereocenters. The van der Waals surface area contributed by atoms with Gasteiger partial charge in [-0.25, -0.2) is 0 Å². The van der Waals surface area contributed by atoms with Crippen LogP contribution in [0.3, 0.4) is 0 Å². The lowest BCUT2D eigenvalue weighted by Crippen LogP contribution is -2.43. The van der Waals surface area contributed by atoms with Crippen LogP contribution in [-0.2, 0) is 17.7 Å². The highest BCUT2D eigenvalue weighted by atomic mass is 35.5. The Morgan fingerprint density at radius 3 is 2.89 bits per heavy atom. The number of rotatable bonds is 5. The summed E-state index contributed by atoms with van der Waals surface area (Å²) in [5, 5.41) is 5.20. The van der Waals surface area contributed by atoms with E-state index in [1.165, 1.54) is 0 Å². The van der Waals surface area contributed by atoms with Crippen LogP contribution in [0.1, 0.15) is 31.7 Å². The topological polar surface area (TPSA) is 65.1 Å². The fourth-order valence-electron chi connectivity index (χ4n) is 2.76. The number of halogens is 1. The van der Waals surface area contributed by atoms with Crippen molar-refractivity contribution < 1.29 is 4.74 Å². The molecule has 0 spiro atoms. The van der Waals surface area contributed by atoms with Gasteiger partial charge in [-0.3, -0.25) is 16.0 Å². The highest BCUT2D eigenvalue weighted by molar-refractivity contribution is 6.31. The maximum absolute atomic E-state index is 6.35. The lowest BCUT2D eigenvalue weighted by molar-refractivity contribution is 0.116. The Balaban J connectivity index is 2.14. The average Bonchev–Trinajstić information content (AvgIpc) is 2.93. The van der Waals surface area contributed by atoms with Crippen LogP contribution in [0.4, 0.5) is 0 Å². The standard InChI is InChI=1S/C13H23ClN4O/c1-4-18-12(13(14)9(3)17-18)6-11(16-15)10-5-8(2)19-7-10/h8,10-11,16H,4-7,15H2,1-3H3. The normalized spacial score (nSPS) is 24.9. The van der Waals surface area contributed by atoms with Crippen LogP contribution in [0.15, 0.2) is 0 Å². The molecule has 6 heteroatoms. The van der Waals surface area contributed by atoms with Gasteiger partial charge >= 0.3 is 0 Å². The smallest absolute Gasteiger partial charge is 0.0847 e. The van der Waals surface area contributed by atoms with E-state index in [9.17, 15) is 0 Å². The van der Waals surface area contributed by atoms with E-state index in [-0.39, 0.29) is 6.04 Å². The minimum Gasteiger partial charge on any atom is -0.378 e. The fraction of sp³-hybridized carbons (Fsp3) is 0.769. The largest absolute Gasteiger partial charge is 0.378 e. The number of nitrogens with two attached hydrogens (primary N) is 1. The van der Waals surface area contributed by atoms with Crippen molar-refractivity contribution >= 4 is 11.6 Å². The van der Waals surface area contributed by atoms with Gasteiger partial charge in [0.15, 0.2) is 0 Å². The van der Waals surface area contributed by atoms with Gasteiger partial charge in [0.25, 0.3) is 0 Å². The lowest BCUT2D eigenvalue weighted by Gasteiger charge is -2.22. The van der Waals surface area contributed by atoms with Crippen LogP contribution in [0, 0.1) is 12.8 Å². The summed E-state index contributed by atoms with van der Waals surface area (Å²) in [6.07, 6.45) is 2.13. The Bertz CT molecular complexity index is 435. The fourth-order valence-corrected chi connectivity index (χ4v) is 2.98. The van der Waals surface area contributed by atoms with E-state index in [2.05, 4.69) is 24.4 Å². The van der Waals surface area contributed by atoms with Gasteiger partial charge in [0.1, 0.15) is 0 Å². The van der Waals surface area contributed by atoms with E-state index in [0.29, 0.717) is 12.0 Å². The first-order valence-electron chi connectivity index (χ1n) is 6.86. The molecule has 1 aliphatic heterocycles. The number of hydrogen-bond acceptors (Lipinski definition) is 4. The Labute approximate surface area is 119 Å². The van der Waals surface area contributed by atoms with Crippen molar-refractivity contribution in [2.24, 2.45) is 11.8 Å². The summed E-state index contributed by atoms with van der Waals surface area (Å²) in [6, 6.07) is 0.170. The number of aryl methyl sites for hydroxylation is 2. The number of nitrogens with one attached hydrogen (secondary N) is 1. The molecule has 0 bridgehead atoms. The molecule has 1 fully saturated rings. The zero-order valence-corrected chi connectivity index (χ0v) is 12.6.